The molecule has 158 valence electrons. The Kier molecular flexibility index (Phi) is 8.01. The lowest BCUT2D eigenvalue weighted by Gasteiger charge is -2.24. The number of hydrogen-bond acceptors (Lipinski definition) is 4. The molecule has 0 bridgehead atoms. The molecule has 0 unspecified atom stereocenters. The highest BCUT2D eigenvalue weighted by molar-refractivity contribution is 7.92. The number of benzene rings is 2. The van der Waals surface area contributed by atoms with E-state index in [0.29, 0.717) is 30.8 Å². The van der Waals surface area contributed by atoms with E-state index < -0.39 is 10.0 Å². The first-order valence-corrected chi connectivity index (χ1v) is 11.2. The number of sulfonamides is 1. The number of carbonyl (C=O) groups is 1. The van der Waals surface area contributed by atoms with Crippen LogP contribution in [-0.2, 0) is 21.2 Å². The normalized spacial score (nSPS) is 11.2. The van der Waals surface area contributed by atoms with E-state index >= 15 is 0 Å². The highest BCUT2D eigenvalue weighted by Gasteiger charge is 2.21. The first kappa shape index (κ1) is 22.7. The van der Waals surface area contributed by atoms with Gasteiger partial charge in [-0.3, -0.25) is 9.10 Å². The summed E-state index contributed by atoms with van der Waals surface area (Å²) in [5.74, 6) is 0.0139. The molecule has 0 radical (unpaired) electrons. The molecular weight excluding hydrogens is 395 g/mol. The molecule has 0 aliphatic rings. The first-order chi connectivity index (χ1) is 13.7. The van der Waals surface area contributed by atoms with Gasteiger partial charge in [-0.15, -0.1) is 0 Å². The van der Waals surface area contributed by atoms with Gasteiger partial charge in [-0.1, -0.05) is 18.2 Å². The second-order valence-corrected chi connectivity index (χ2v) is 8.75. The summed E-state index contributed by atoms with van der Waals surface area (Å²) >= 11 is 0. The predicted octanol–water partition coefficient (Wildman–Crippen LogP) is 3.05. The number of carbonyl (C=O) groups excluding carboxylic acids is 1. The molecule has 0 aliphatic heterocycles. The second kappa shape index (κ2) is 10.2. The highest BCUT2D eigenvalue weighted by Crippen LogP contribution is 2.31. The minimum Gasteiger partial charge on any atom is -0.495 e. The van der Waals surface area contributed by atoms with Gasteiger partial charge in [0.1, 0.15) is 11.6 Å². The number of hydrogen-bond donors (Lipinski definition) is 1. The number of rotatable bonds is 10. The zero-order chi connectivity index (χ0) is 21.4. The number of methoxy groups -OCH3 is 1. The second-order valence-electron chi connectivity index (χ2n) is 6.84. The Morgan fingerprint density at radius 1 is 1.17 bits per heavy atom. The maximum atomic E-state index is 12.9. The number of halogens is 1. The Morgan fingerprint density at radius 3 is 2.48 bits per heavy atom. The molecule has 29 heavy (non-hydrogen) atoms. The van der Waals surface area contributed by atoms with Gasteiger partial charge in [0.05, 0.1) is 19.1 Å². The molecule has 2 aromatic carbocycles. The van der Waals surface area contributed by atoms with Crippen molar-refractivity contribution in [3.05, 3.63) is 59.4 Å². The third-order valence-electron chi connectivity index (χ3n) is 4.42. The molecule has 0 atom stereocenters. The van der Waals surface area contributed by atoms with Crippen LogP contribution in [0.2, 0.25) is 0 Å². The highest BCUT2D eigenvalue weighted by atomic mass is 32.2. The minimum atomic E-state index is -3.53. The topological polar surface area (TPSA) is 75.7 Å². The average Bonchev–Trinajstić information content (AvgIpc) is 2.66. The summed E-state index contributed by atoms with van der Waals surface area (Å²) < 4.78 is 44.0. The van der Waals surface area contributed by atoms with Crippen molar-refractivity contribution >= 4 is 21.6 Å². The monoisotopic (exact) mass is 422 g/mol. The van der Waals surface area contributed by atoms with Crippen molar-refractivity contribution in [3.63, 3.8) is 0 Å². The van der Waals surface area contributed by atoms with Crippen molar-refractivity contribution in [2.75, 3.05) is 30.8 Å². The summed E-state index contributed by atoms with van der Waals surface area (Å²) in [6, 6.07) is 11.5. The molecule has 0 heterocycles. The summed E-state index contributed by atoms with van der Waals surface area (Å²) in [7, 11) is -2.04. The molecular formula is C21H27FN2O4S. The van der Waals surface area contributed by atoms with E-state index in [-0.39, 0.29) is 24.7 Å². The Balaban J connectivity index is 1.89. The minimum absolute atomic E-state index is 0.156. The maximum absolute atomic E-state index is 12.9. The molecule has 0 aromatic heterocycles. The van der Waals surface area contributed by atoms with Crippen LogP contribution >= 0.6 is 0 Å². The number of nitrogens with one attached hydrogen (secondary N) is 1. The van der Waals surface area contributed by atoms with Crippen molar-refractivity contribution < 1.29 is 22.3 Å². The average molecular weight is 423 g/mol. The van der Waals surface area contributed by atoms with Gasteiger partial charge in [0, 0.05) is 19.5 Å². The summed E-state index contributed by atoms with van der Waals surface area (Å²) in [6.45, 7) is 2.48. The molecule has 0 spiro atoms. The lowest BCUT2D eigenvalue weighted by Crippen LogP contribution is -2.32. The van der Waals surface area contributed by atoms with Crippen molar-refractivity contribution in [1.29, 1.82) is 0 Å². The molecule has 6 nitrogen and oxygen atoms in total. The number of aryl methyl sites for hydroxylation is 1. The van der Waals surface area contributed by atoms with E-state index in [1.54, 1.807) is 24.3 Å². The van der Waals surface area contributed by atoms with Gasteiger partial charge in [0.25, 0.3) is 0 Å². The number of anilines is 1. The fraction of sp³-hybridized carbons (Fsp3) is 0.381. The van der Waals surface area contributed by atoms with E-state index in [2.05, 4.69) is 5.32 Å². The number of ether oxygens (including phenoxy) is 1. The third kappa shape index (κ3) is 7.05. The standard InChI is InChI=1S/C21H27FN2O4S/c1-16-6-11-20(28-2)19(15-16)24(29(3,26)27)14-4-5-21(25)23-13-12-17-7-9-18(22)10-8-17/h6-11,15H,4-5,12-14H2,1-3H3,(H,23,25). The van der Waals surface area contributed by atoms with Crippen LogP contribution in [0.4, 0.5) is 10.1 Å². The van der Waals surface area contributed by atoms with Gasteiger partial charge >= 0.3 is 0 Å². The summed E-state index contributed by atoms with van der Waals surface area (Å²) in [5.41, 5.74) is 2.31. The smallest absolute Gasteiger partial charge is 0.232 e. The van der Waals surface area contributed by atoms with Crippen LogP contribution in [-0.4, -0.2) is 40.8 Å². The molecule has 0 saturated heterocycles. The predicted molar refractivity (Wildman–Crippen MR) is 112 cm³/mol. The van der Waals surface area contributed by atoms with E-state index in [9.17, 15) is 17.6 Å². The van der Waals surface area contributed by atoms with Crippen LogP contribution < -0.4 is 14.4 Å². The van der Waals surface area contributed by atoms with Crippen LogP contribution in [0, 0.1) is 12.7 Å². The zero-order valence-corrected chi connectivity index (χ0v) is 17.8. The quantitative estimate of drug-likeness (QED) is 0.639. The lowest BCUT2D eigenvalue weighted by molar-refractivity contribution is -0.121. The summed E-state index contributed by atoms with van der Waals surface area (Å²) in [6.07, 6.45) is 2.30. The fourth-order valence-corrected chi connectivity index (χ4v) is 3.89. The third-order valence-corrected chi connectivity index (χ3v) is 5.60. The van der Waals surface area contributed by atoms with Gasteiger partial charge in [-0.05, 0) is 55.2 Å². The molecule has 0 saturated carbocycles. The van der Waals surface area contributed by atoms with Crippen LogP contribution in [0.5, 0.6) is 5.75 Å². The summed E-state index contributed by atoms with van der Waals surface area (Å²) in [5, 5.41) is 2.80. The van der Waals surface area contributed by atoms with E-state index in [0.717, 1.165) is 17.4 Å². The first-order valence-electron chi connectivity index (χ1n) is 9.34. The Labute approximate surface area is 171 Å². The molecule has 0 aliphatic carbocycles. The molecule has 0 fully saturated rings. The largest absolute Gasteiger partial charge is 0.495 e. The van der Waals surface area contributed by atoms with Crippen molar-refractivity contribution in [2.24, 2.45) is 0 Å². The van der Waals surface area contributed by atoms with Gasteiger partial charge in [0.15, 0.2) is 0 Å². The van der Waals surface area contributed by atoms with E-state index in [1.807, 2.05) is 13.0 Å². The van der Waals surface area contributed by atoms with Crippen molar-refractivity contribution in [1.82, 2.24) is 5.32 Å². The Morgan fingerprint density at radius 2 is 1.86 bits per heavy atom. The molecule has 2 aromatic rings. The van der Waals surface area contributed by atoms with Crippen LogP contribution in [0.1, 0.15) is 24.0 Å². The fourth-order valence-electron chi connectivity index (χ4n) is 2.93. The Bertz CT molecular complexity index is 930. The van der Waals surface area contributed by atoms with Gasteiger partial charge in [0.2, 0.25) is 15.9 Å². The molecule has 8 heteroatoms. The maximum Gasteiger partial charge on any atom is 0.232 e. The van der Waals surface area contributed by atoms with Crippen molar-refractivity contribution in [2.45, 2.75) is 26.2 Å². The summed E-state index contributed by atoms with van der Waals surface area (Å²) in [4.78, 5) is 12.1. The number of amides is 1. The zero-order valence-electron chi connectivity index (χ0n) is 16.9. The van der Waals surface area contributed by atoms with Gasteiger partial charge in [-0.25, -0.2) is 12.8 Å². The van der Waals surface area contributed by atoms with Crippen LogP contribution in [0.3, 0.4) is 0 Å². The Hall–Kier alpha value is -2.61. The number of nitrogens with zero attached hydrogens (tertiary/aromatic N) is 1. The SMILES string of the molecule is COc1ccc(C)cc1N(CCCC(=O)NCCc1ccc(F)cc1)S(C)(=O)=O. The lowest BCUT2D eigenvalue weighted by atomic mass is 10.1. The van der Waals surface area contributed by atoms with E-state index in [4.69, 9.17) is 4.74 Å². The van der Waals surface area contributed by atoms with Gasteiger partial charge in [-0.2, -0.15) is 0 Å². The van der Waals surface area contributed by atoms with Gasteiger partial charge < -0.3 is 10.1 Å². The molecule has 1 amide bonds. The van der Waals surface area contributed by atoms with Crippen LogP contribution in [0.25, 0.3) is 0 Å². The van der Waals surface area contributed by atoms with Crippen molar-refractivity contribution in [3.8, 4) is 5.75 Å². The van der Waals surface area contributed by atoms with Crippen LogP contribution in [0.15, 0.2) is 42.5 Å². The van der Waals surface area contributed by atoms with E-state index in [1.165, 1.54) is 23.5 Å². The molecule has 2 rings (SSSR count). The molecule has 1 N–H and O–H groups in total.